The predicted molar refractivity (Wildman–Crippen MR) is 20.3 cm³/mol. The second kappa shape index (κ2) is 1.73. The van der Waals surface area contributed by atoms with Crippen molar-refractivity contribution in [2.24, 2.45) is 0 Å². The third kappa shape index (κ3) is 2.50. The minimum Gasteiger partial charge on any atom is -0.223 e. The van der Waals surface area contributed by atoms with Crippen LogP contribution < -0.4 is 0 Å². The molecule has 0 bridgehead atoms. The maximum Gasteiger partial charge on any atom is 0.336 e. The van der Waals surface area contributed by atoms with Crippen LogP contribution in [0.2, 0.25) is 0 Å². The SMILES string of the molecule is [CH2]S(=O)(=O)C(F)F. The molecule has 0 heterocycles. The zero-order chi connectivity index (χ0) is 6.08. The van der Waals surface area contributed by atoms with Crippen molar-refractivity contribution < 1.29 is 17.2 Å². The average molecular weight is 129 g/mol. The summed E-state index contributed by atoms with van der Waals surface area (Å²) < 4.78 is 40.7. The van der Waals surface area contributed by atoms with Gasteiger partial charge in [-0.25, -0.2) is 8.42 Å². The topological polar surface area (TPSA) is 34.1 Å². The Bertz CT molecular complexity index is 136. The third-order valence-electron chi connectivity index (χ3n) is 0.271. The van der Waals surface area contributed by atoms with Crippen LogP contribution in [0.1, 0.15) is 0 Å². The number of halogens is 2. The average Bonchev–Trinajstić information content (AvgIpc) is 1.31. The van der Waals surface area contributed by atoms with E-state index < -0.39 is 15.6 Å². The summed E-state index contributed by atoms with van der Waals surface area (Å²) in [6.07, 6.45) is 2.19. The van der Waals surface area contributed by atoms with Gasteiger partial charge in [0, 0.05) is 0 Å². The lowest BCUT2D eigenvalue weighted by Crippen LogP contribution is -2.04. The van der Waals surface area contributed by atoms with Gasteiger partial charge in [-0.15, -0.1) is 0 Å². The van der Waals surface area contributed by atoms with Crippen LogP contribution in [-0.2, 0) is 9.84 Å². The van der Waals surface area contributed by atoms with E-state index >= 15 is 0 Å². The van der Waals surface area contributed by atoms with Gasteiger partial charge in [0.1, 0.15) is 0 Å². The van der Waals surface area contributed by atoms with Crippen LogP contribution in [0.15, 0.2) is 0 Å². The predicted octanol–water partition coefficient (Wildman–Crippen LogP) is 0.415. The molecule has 0 aliphatic heterocycles. The van der Waals surface area contributed by atoms with Crippen molar-refractivity contribution in [3.8, 4) is 0 Å². The van der Waals surface area contributed by atoms with Gasteiger partial charge in [-0.1, -0.05) is 0 Å². The molecule has 0 aliphatic carbocycles. The van der Waals surface area contributed by atoms with E-state index in [1.807, 2.05) is 0 Å². The van der Waals surface area contributed by atoms with Gasteiger partial charge in [0.25, 0.3) is 0 Å². The van der Waals surface area contributed by atoms with E-state index in [0.717, 1.165) is 0 Å². The second-order valence-electron chi connectivity index (χ2n) is 0.924. The van der Waals surface area contributed by atoms with Crippen LogP contribution in [0.25, 0.3) is 0 Å². The van der Waals surface area contributed by atoms with Crippen molar-refractivity contribution in [3.05, 3.63) is 6.26 Å². The molecular weight excluding hydrogens is 126 g/mol. The molecule has 0 atom stereocenters. The van der Waals surface area contributed by atoms with Crippen molar-refractivity contribution >= 4 is 9.84 Å². The normalized spacial score (nSPS) is 12.6. The molecule has 2 nitrogen and oxygen atoms in total. The summed E-state index contributed by atoms with van der Waals surface area (Å²) in [7, 11) is -4.32. The van der Waals surface area contributed by atoms with E-state index in [0.29, 0.717) is 0 Å². The number of hydrogen-bond acceptors (Lipinski definition) is 2. The molecule has 0 unspecified atom stereocenters. The van der Waals surface area contributed by atoms with Gasteiger partial charge in [0.2, 0.25) is 9.84 Å². The lowest BCUT2D eigenvalue weighted by atomic mass is 11.7. The molecule has 0 aromatic rings. The van der Waals surface area contributed by atoms with Crippen LogP contribution in [-0.4, -0.2) is 14.2 Å². The molecule has 0 N–H and O–H groups in total. The van der Waals surface area contributed by atoms with Gasteiger partial charge in [-0.3, -0.25) is 0 Å². The van der Waals surface area contributed by atoms with E-state index in [1.54, 1.807) is 0 Å². The highest BCUT2D eigenvalue weighted by molar-refractivity contribution is 7.92. The summed E-state index contributed by atoms with van der Waals surface area (Å²) in [5, 5.41) is 0. The molecular formula is C2H3F2O2S. The Morgan fingerprint density at radius 2 is 1.57 bits per heavy atom. The summed E-state index contributed by atoms with van der Waals surface area (Å²) in [5.41, 5.74) is 0. The lowest BCUT2D eigenvalue weighted by molar-refractivity contribution is 0.236. The maximum absolute atomic E-state index is 10.9. The molecule has 0 saturated carbocycles. The summed E-state index contributed by atoms with van der Waals surface area (Å²) in [6, 6.07) is 0. The van der Waals surface area contributed by atoms with Gasteiger partial charge in [-0.2, -0.15) is 8.78 Å². The Morgan fingerprint density at radius 1 is 1.43 bits per heavy atom. The number of sulfone groups is 1. The second-order valence-corrected chi connectivity index (χ2v) is 2.61. The van der Waals surface area contributed by atoms with Crippen LogP contribution in [0.4, 0.5) is 8.78 Å². The third-order valence-corrected chi connectivity index (χ3v) is 0.814. The van der Waals surface area contributed by atoms with E-state index in [2.05, 4.69) is 6.26 Å². The first-order valence-electron chi connectivity index (χ1n) is 1.29. The van der Waals surface area contributed by atoms with Crippen molar-refractivity contribution in [1.82, 2.24) is 0 Å². The minimum atomic E-state index is -4.32. The first kappa shape index (κ1) is 6.81. The molecule has 43 valence electrons. The lowest BCUT2D eigenvalue weighted by Gasteiger charge is -1.88. The highest BCUT2D eigenvalue weighted by Crippen LogP contribution is 2.01. The molecule has 0 aliphatic rings. The van der Waals surface area contributed by atoms with Crippen molar-refractivity contribution in [2.45, 2.75) is 5.76 Å². The summed E-state index contributed by atoms with van der Waals surface area (Å²) in [5.74, 6) is -3.34. The van der Waals surface area contributed by atoms with Gasteiger partial charge in [0.05, 0.1) is 6.26 Å². The van der Waals surface area contributed by atoms with Crippen molar-refractivity contribution in [1.29, 1.82) is 0 Å². The van der Waals surface area contributed by atoms with E-state index in [1.165, 1.54) is 0 Å². The molecule has 0 aromatic carbocycles. The van der Waals surface area contributed by atoms with Gasteiger partial charge >= 0.3 is 5.76 Å². The van der Waals surface area contributed by atoms with Crippen molar-refractivity contribution in [3.63, 3.8) is 0 Å². The fourth-order valence-corrected chi connectivity index (χ4v) is 0. The van der Waals surface area contributed by atoms with E-state index in [-0.39, 0.29) is 0 Å². The highest BCUT2D eigenvalue weighted by atomic mass is 32.2. The minimum absolute atomic E-state index is 2.19. The first-order chi connectivity index (χ1) is 2.94. The zero-order valence-electron chi connectivity index (χ0n) is 3.27. The molecule has 5 heteroatoms. The smallest absolute Gasteiger partial charge is 0.223 e. The van der Waals surface area contributed by atoms with Gasteiger partial charge < -0.3 is 0 Å². The summed E-state index contributed by atoms with van der Waals surface area (Å²) in [4.78, 5) is 0. The quantitative estimate of drug-likeness (QED) is 0.514. The fraction of sp³-hybridized carbons (Fsp3) is 0.500. The first-order valence-corrected chi connectivity index (χ1v) is 3.01. The molecule has 0 aromatic heterocycles. The molecule has 1 radical (unpaired) electrons. The van der Waals surface area contributed by atoms with Crippen LogP contribution in [0, 0.1) is 6.26 Å². The van der Waals surface area contributed by atoms with Crippen LogP contribution in [0.3, 0.4) is 0 Å². The Balaban J connectivity index is 4.10. The fourth-order valence-electron chi connectivity index (χ4n) is 0. The Kier molecular flexibility index (Phi) is 1.68. The Morgan fingerprint density at radius 3 is 1.57 bits per heavy atom. The van der Waals surface area contributed by atoms with E-state index in [4.69, 9.17) is 0 Å². The summed E-state index contributed by atoms with van der Waals surface area (Å²) >= 11 is 0. The maximum atomic E-state index is 10.9. The molecule has 7 heavy (non-hydrogen) atoms. The van der Waals surface area contributed by atoms with E-state index in [9.17, 15) is 17.2 Å². The molecule has 0 saturated heterocycles. The summed E-state index contributed by atoms with van der Waals surface area (Å²) in [6.45, 7) is 0. The number of hydrogen-bond donors (Lipinski definition) is 0. The standard InChI is InChI=1S/C2H3F2O2S/c1-7(5,6)2(3)4/h2H,1H2. The van der Waals surface area contributed by atoms with Crippen molar-refractivity contribution in [2.75, 3.05) is 0 Å². The molecule has 0 fully saturated rings. The highest BCUT2D eigenvalue weighted by Gasteiger charge is 2.15. The molecule has 0 amide bonds. The van der Waals surface area contributed by atoms with Crippen LogP contribution >= 0.6 is 0 Å². The van der Waals surface area contributed by atoms with Gasteiger partial charge in [0.15, 0.2) is 0 Å². The Hall–Kier alpha value is -0.190. The number of rotatable bonds is 1. The molecule has 0 rings (SSSR count). The number of alkyl halides is 2. The largest absolute Gasteiger partial charge is 0.336 e. The zero-order valence-corrected chi connectivity index (χ0v) is 4.08. The van der Waals surface area contributed by atoms with Crippen LogP contribution in [0.5, 0.6) is 0 Å². The van der Waals surface area contributed by atoms with Gasteiger partial charge in [-0.05, 0) is 0 Å². The monoisotopic (exact) mass is 129 g/mol. The molecule has 0 spiro atoms. The Labute approximate surface area is 40.1 Å².